The van der Waals surface area contributed by atoms with Crippen molar-refractivity contribution in [2.24, 2.45) is 0 Å². The van der Waals surface area contributed by atoms with E-state index in [4.69, 9.17) is 0 Å². The molecule has 0 fully saturated rings. The highest BCUT2D eigenvalue weighted by Gasteiger charge is 2.27. The first-order valence-corrected chi connectivity index (χ1v) is 9.03. The molecule has 1 aliphatic heterocycles. The van der Waals surface area contributed by atoms with Crippen LogP contribution in [0.25, 0.3) is 10.8 Å². The molecular weight excluding hydrogens is 316 g/mol. The van der Waals surface area contributed by atoms with E-state index in [1.807, 2.05) is 0 Å². The Morgan fingerprint density at radius 3 is 2.31 bits per heavy atom. The Kier molecular flexibility index (Phi) is 3.60. The van der Waals surface area contributed by atoms with Gasteiger partial charge in [0.25, 0.3) is 0 Å². The molecule has 0 saturated carbocycles. The molecule has 1 aliphatic rings. The quantitative estimate of drug-likeness (QED) is 0.485. The molecule has 0 radical (unpaired) electrons. The van der Waals surface area contributed by atoms with Crippen LogP contribution < -0.4 is 10.2 Å². The van der Waals surface area contributed by atoms with Crippen LogP contribution in [0.15, 0.2) is 97.1 Å². The molecule has 126 valence electrons. The molecule has 5 rings (SSSR count). The van der Waals surface area contributed by atoms with E-state index in [-0.39, 0.29) is 6.17 Å². The Labute approximate surface area is 153 Å². The van der Waals surface area contributed by atoms with E-state index in [1.54, 1.807) is 0 Å². The Bertz CT molecular complexity index is 1060. The fourth-order valence-electron chi connectivity index (χ4n) is 3.80. The molecular formula is C24H20N2. The molecule has 1 heterocycles. The summed E-state index contributed by atoms with van der Waals surface area (Å²) in [4.78, 5) is 2.44. The van der Waals surface area contributed by atoms with E-state index in [9.17, 15) is 0 Å². The zero-order valence-corrected chi connectivity index (χ0v) is 14.5. The molecule has 0 saturated heterocycles. The van der Waals surface area contributed by atoms with Crippen molar-refractivity contribution in [2.45, 2.75) is 12.7 Å². The molecule has 0 spiro atoms. The first-order chi connectivity index (χ1) is 12.9. The van der Waals surface area contributed by atoms with E-state index in [1.165, 1.54) is 33.3 Å². The zero-order valence-electron chi connectivity index (χ0n) is 14.5. The Balaban J connectivity index is 1.63. The maximum Gasteiger partial charge on any atom is 0.126 e. The molecule has 2 nitrogen and oxygen atoms in total. The van der Waals surface area contributed by atoms with Crippen molar-refractivity contribution in [1.29, 1.82) is 0 Å². The highest BCUT2D eigenvalue weighted by molar-refractivity contribution is 5.83. The van der Waals surface area contributed by atoms with Crippen molar-refractivity contribution >= 4 is 22.1 Å². The fraction of sp³-hybridized carbons (Fsp3) is 0.0833. The number of nitrogens with zero attached hydrogens (tertiary/aromatic N) is 1. The Morgan fingerprint density at radius 1 is 0.692 bits per heavy atom. The first-order valence-electron chi connectivity index (χ1n) is 9.03. The molecule has 4 aromatic rings. The Morgan fingerprint density at radius 2 is 1.42 bits per heavy atom. The summed E-state index contributed by atoms with van der Waals surface area (Å²) in [6.45, 7) is 0.894. The van der Waals surface area contributed by atoms with Crippen molar-refractivity contribution < 1.29 is 0 Å². The molecule has 1 atom stereocenters. The lowest BCUT2D eigenvalue weighted by molar-refractivity contribution is 0.659. The van der Waals surface area contributed by atoms with Crippen LogP contribution in [-0.2, 0) is 6.54 Å². The van der Waals surface area contributed by atoms with Crippen LogP contribution in [-0.4, -0.2) is 0 Å². The second kappa shape index (κ2) is 6.23. The number of benzene rings is 4. The van der Waals surface area contributed by atoms with Crippen molar-refractivity contribution in [3.8, 4) is 0 Å². The van der Waals surface area contributed by atoms with Gasteiger partial charge in [-0.3, -0.25) is 0 Å². The lowest BCUT2D eigenvalue weighted by atomic mass is 10.0. The maximum absolute atomic E-state index is 3.75. The summed E-state index contributed by atoms with van der Waals surface area (Å²) in [6, 6.07) is 34.5. The van der Waals surface area contributed by atoms with Gasteiger partial charge in [0.15, 0.2) is 0 Å². The minimum atomic E-state index is 0.108. The van der Waals surface area contributed by atoms with Crippen molar-refractivity contribution in [2.75, 3.05) is 10.2 Å². The van der Waals surface area contributed by atoms with Gasteiger partial charge in [0.05, 0.1) is 0 Å². The topological polar surface area (TPSA) is 15.3 Å². The first kappa shape index (κ1) is 15.0. The van der Waals surface area contributed by atoms with Crippen molar-refractivity contribution in [3.63, 3.8) is 0 Å². The molecule has 26 heavy (non-hydrogen) atoms. The maximum atomic E-state index is 3.75. The third kappa shape index (κ3) is 2.60. The molecule has 4 aromatic carbocycles. The van der Waals surface area contributed by atoms with Gasteiger partial charge in [-0.1, -0.05) is 72.8 Å². The number of rotatable bonds is 2. The summed E-state index contributed by atoms with van der Waals surface area (Å²) < 4.78 is 0. The summed E-state index contributed by atoms with van der Waals surface area (Å²) in [7, 11) is 0. The summed E-state index contributed by atoms with van der Waals surface area (Å²) >= 11 is 0. The lowest BCUT2D eigenvalue weighted by Crippen LogP contribution is -2.37. The average molecular weight is 336 g/mol. The van der Waals surface area contributed by atoms with Gasteiger partial charge in [-0.15, -0.1) is 0 Å². The van der Waals surface area contributed by atoms with E-state index >= 15 is 0 Å². The average Bonchev–Trinajstić information content (AvgIpc) is 2.73. The number of anilines is 2. The van der Waals surface area contributed by atoms with E-state index < -0.39 is 0 Å². The van der Waals surface area contributed by atoms with Gasteiger partial charge < -0.3 is 10.2 Å². The monoisotopic (exact) mass is 336 g/mol. The van der Waals surface area contributed by atoms with Crippen molar-refractivity contribution in [1.82, 2.24) is 0 Å². The van der Waals surface area contributed by atoms with Gasteiger partial charge in [-0.2, -0.15) is 0 Å². The van der Waals surface area contributed by atoms with Crippen molar-refractivity contribution in [3.05, 3.63) is 108 Å². The van der Waals surface area contributed by atoms with Crippen LogP contribution in [0.1, 0.15) is 17.3 Å². The third-order valence-electron chi connectivity index (χ3n) is 5.14. The SMILES string of the molecule is c1ccc(N2Cc3ccccc3NC2c2ccc3ccccc3c2)cc1. The van der Waals surface area contributed by atoms with E-state index in [0.29, 0.717) is 0 Å². The smallest absolute Gasteiger partial charge is 0.126 e. The highest BCUT2D eigenvalue weighted by atomic mass is 15.3. The second-order valence-corrected chi connectivity index (χ2v) is 6.77. The van der Waals surface area contributed by atoms with Crippen LogP contribution in [0.5, 0.6) is 0 Å². The van der Waals surface area contributed by atoms with E-state index in [0.717, 1.165) is 6.54 Å². The molecule has 0 aromatic heterocycles. The van der Waals surface area contributed by atoms with Crippen LogP contribution in [0.4, 0.5) is 11.4 Å². The Hall–Kier alpha value is -3.26. The summed E-state index contributed by atoms with van der Waals surface area (Å²) in [6.07, 6.45) is 0.108. The van der Waals surface area contributed by atoms with Crippen LogP contribution >= 0.6 is 0 Å². The predicted molar refractivity (Wildman–Crippen MR) is 109 cm³/mol. The van der Waals surface area contributed by atoms with Crippen LogP contribution in [0.3, 0.4) is 0 Å². The van der Waals surface area contributed by atoms with Gasteiger partial charge in [0.2, 0.25) is 0 Å². The number of hydrogen-bond acceptors (Lipinski definition) is 2. The standard InChI is InChI=1S/C24H20N2/c1-2-11-22(12-3-1)26-17-21-10-6-7-13-23(21)25-24(26)20-15-14-18-8-4-5-9-19(18)16-20/h1-16,24-25H,17H2. The summed E-state index contributed by atoms with van der Waals surface area (Å²) in [5.74, 6) is 0. The molecule has 0 aliphatic carbocycles. The predicted octanol–water partition coefficient (Wildman–Crippen LogP) is 5.97. The van der Waals surface area contributed by atoms with Gasteiger partial charge >= 0.3 is 0 Å². The lowest BCUT2D eigenvalue weighted by Gasteiger charge is -2.40. The number of fused-ring (bicyclic) bond motifs is 2. The molecule has 1 N–H and O–H groups in total. The highest BCUT2D eigenvalue weighted by Crippen LogP contribution is 2.37. The number of para-hydroxylation sites is 2. The van der Waals surface area contributed by atoms with Crippen LogP contribution in [0, 0.1) is 0 Å². The molecule has 1 unspecified atom stereocenters. The largest absolute Gasteiger partial charge is 0.361 e. The summed E-state index contributed by atoms with van der Waals surface area (Å²) in [5, 5.41) is 6.31. The third-order valence-corrected chi connectivity index (χ3v) is 5.14. The van der Waals surface area contributed by atoms with Gasteiger partial charge in [-0.05, 0) is 46.2 Å². The molecule has 0 bridgehead atoms. The van der Waals surface area contributed by atoms with Gasteiger partial charge in [0, 0.05) is 17.9 Å². The molecule has 0 amide bonds. The normalized spacial score (nSPS) is 16.2. The second-order valence-electron chi connectivity index (χ2n) is 6.77. The van der Waals surface area contributed by atoms with Gasteiger partial charge in [-0.25, -0.2) is 0 Å². The van der Waals surface area contributed by atoms with Gasteiger partial charge in [0.1, 0.15) is 6.17 Å². The fourth-order valence-corrected chi connectivity index (χ4v) is 3.80. The van der Waals surface area contributed by atoms with Crippen LogP contribution in [0.2, 0.25) is 0 Å². The van der Waals surface area contributed by atoms with E-state index in [2.05, 4.69) is 107 Å². The molecule has 2 heteroatoms. The minimum Gasteiger partial charge on any atom is -0.361 e. The zero-order chi connectivity index (χ0) is 17.3. The minimum absolute atomic E-state index is 0.108. The number of hydrogen-bond donors (Lipinski definition) is 1. The number of nitrogens with one attached hydrogen (secondary N) is 1. The summed E-state index contributed by atoms with van der Waals surface area (Å²) in [5.41, 5.74) is 5.06.